The van der Waals surface area contributed by atoms with E-state index in [0.717, 1.165) is 6.42 Å². The predicted octanol–water partition coefficient (Wildman–Crippen LogP) is 2.52. The van der Waals surface area contributed by atoms with E-state index in [9.17, 15) is 9.59 Å². The van der Waals surface area contributed by atoms with E-state index in [0.29, 0.717) is 23.9 Å². The number of halogens is 1. The van der Waals surface area contributed by atoms with Gasteiger partial charge in [-0.05, 0) is 37.6 Å². The molecule has 0 aliphatic heterocycles. The standard InChI is InChI=1S/C15H20ClNO4/c1-3-9-17(10-15(19)20-4-2)14(18)11-21-13-7-5-12(16)6-8-13/h5-8H,3-4,9-11H2,1-2H3. The van der Waals surface area contributed by atoms with Gasteiger partial charge in [-0.15, -0.1) is 0 Å². The summed E-state index contributed by atoms with van der Waals surface area (Å²) in [5.74, 6) is -0.106. The van der Waals surface area contributed by atoms with E-state index >= 15 is 0 Å². The molecule has 0 heterocycles. The number of carbonyl (C=O) groups is 2. The summed E-state index contributed by atoms with van der Waals surface area (Å²) < 4.78 is 10.2. The zero-order valence-corrected chi connectivity index (χ0v) is 13.1. The number of amides is 1. The van der Waals surface area contributed by atoms with Gasteiger partial charge in [0.25, 0.3) is 5.91 Å². The average molecular weight is 314 g/mol. The molecular formula is C15H20ClNO4. The maximum absolute atomic E-state index is 12.1. The Balaban J connectivity index is 2.51. The lowest BCUT2D eigenvalue weighted by Gasteiger charge is -2.21. The molecule has 21 heavy (non-hydrogen) atoms. The van der Waals surface area contributed by atoms with Gasteiger partial charge in [-0.25, -0.2) is 0 Å². The molecular weight excluding hydrogens is 294 g/mol. The van der Waals surface area contributed by atoms with Crippen LogP contribution >= 0.6 is 11.6 Å². The first-order valence-electron chi connectivity index (χ1n) is 6.88. The molecule has 0 aliphatic carbocycles. The van der Waals surface area contributed by atoms with Crippen molar-refractivity contribution in [1.82, 2.24) is 4.90 Å². The van der Waals surface area contributed by atoms with Crippen LogP contribution in [0.25, 0.3) is 0 Å². The van der Waals surface area contributed by atoms with E-state index in [1.54, 1.807) is 31.2 Å². The van der Waals surface area contributed by atoms with Crippen molar-refractivity contribution < 1.29 is 19.1 Å². The molecule has 0 bridgehead atoms. The van der Waals surface area contributed by atoms with Crippen LogP contribution in [0.15, 0.2) is 24.3 Å². The molecule has 5 nitrogen and oxygen atoms in total. The van der Waals surface area contributed by atoms with Gasteiger partial charge in [0.1, 0.15) is 12.3 Å². The number of rotatable bonds is 8. The van der Waals surface area contributed by atoms with Crippen molar-refractivity contribution in [2.75, 3.05) is 26.3 Å². The molecule has 0 N–H and O–H groups in total. The summed E-state index contributed by atoms with van der Waals surface area (Å²) in [5.41, 5.74) is 0. The topological polar surface area (TPSA) is 55.8 Å². The van der Waals surface area contributed by atoms with Crippen molar-refractivity contribution in [3.05, 3.63) is 29.3 Å². The molecule has 116 valence electrons. The maximum atomic E-state index is 12.1. The Bertz CT molecular complexity index is 461. The number of hydrogen-bond donors (Lipinski definition) is 0. The fourth-order valence-electron chi connectivity index (χ4n) is 1.69. The summed E-state index contributed by atoms with van der Waals surface area (Å²) in [6, 6.07) is 6.74. The Morgan fingerprint density at radius 3 is 2.43 bits per heavy atom. The fourth-order valence-corrected chi connectivity index (χ4v) is 1.82. The molecule has 0 saturated carbocycles. The highest BCUT2D eigenvalue weighted by atomic mass is 35.5. The monoisotopic (exact) mass is 313 g/mol. The van der Waals surface area contributed by atoms with Crippen molar-refractivity contribution in [2.45, 2.75) is 20.3 Å². The third-order valence-electron chi connectivity index (χ3n) is 2.65. The van der Waals surface area contributed by atoms with Crippen LogP contribution in [0.4, 0.5) is 0 Å². The van der Waals surface area contributed by atoms with Gasteiger partial charge in [0.15, 0.2) is 6.61 Å². The Morgan fingerprint density at radius 2 is 1.86 bits per heavy atom. The lowest BCUT2D eigenvalue weighted by Crippen LogP contribution is -2.39. The fraction of sp³-hybridized carbons (Fsp3) is 0.467. The summed E-state index contributed by atoms with van der Waals surface area (Å²) >= 11 is 5.77. The molecule has 1 aromatic rings. The first-order valence-corrected chi connectivity index (χ1v) is 7.26. The quantitative estimate of drug-likeness (QED) is 0.692. The third-order valence-corrected chi connectivity index (χ3v) is 2.90. The lowest BCUT2D eigenvalue weighted by atomic mass is 10.3. The Hall–Kier alpha value is -1.75. The Kier molecular flexibility index (Phi) is 7.61. The van der Waals surface area contributed by atoms with Gasteiger partial charge in [0, 0.05) is 11.6 Å². The molecule has 1 amide bonds. The van der Waals surface area contributed by atoms with E-state index in [-0.39, 0.29) is 19.1 Å². The van der Waals surface area contributed by atoms with Crippen molar-refractivity contribution in [1.29, 1.82) is 0 Å². The van der Waals surface area contributed by atoms with E-state index in [1.807, 2.05) is 6.92 Å². The predicted molar refractivity (Wildman–Crippen MR) is 80.5 cm³/mol. The normalized spacial score (nSPS) is 10.0. The first kappa shape index (κ1) is 17.3. The van der Waals surface area contributed by atoms with Crippen molar-refractivity contribution in [3.8, 4) is 5.75 Å². The van der Waals surface area contributed by atoms with Crippen LogP contribution in [0.1, 0.15) is 20.3 Å². The summed E-state index contributed by atoms with van der Waals surface area (Å²) in [5, 5.41) is 0.601. The van der Waals surface area contributed by atoms with E-state index in [1.165, 1.54) is 4.90 Å². The lowest BCUT2D eigenvalue weighted by molar-refractivity contribution is -0.149. The summed E-state index contributed by atoms with van der Waals surface area (Å²) in [7, 11) is 0. The number of ether oxygens (including phenoxy) is 2. The number of benzene rings is 1. The molecule has 0 fully saturated rings. The number of esters is 1. The molecule has 6 heteroatoms. The Labute approximate surface area is 129 Å². The highest BCUT2D eigenvalue weighted by molar-refractivity contribution is 6.30. The van der Waals surface area contributed by atoms with E-state index in [2.05, 4.69) is 0 Å². The van der Waals surface area contributed by atoms with Crippen molar-refractivity contribution >= 4 is 23.5 Å². The first-order chi connectivity index (χ1) is 10.1. The van der Waals surface area contributed by atoms with Crippen LogP contribution in [0.5, 0.6) is 5.75 Å². The van der Waals surface area contributed by atoms with Crippen LogP contribution in [0.3, 0.4) is 0 Å². The summed E-state index contributed by atoms with van der Waals surface area (Å²) in [4.78, 5) is 25.0. The largest absolute Gasteiger partial charge is 0.484 e. The van der Waals surface area contributed by atoms with Gasteiger partial charge in [-0.2, -0.15) is 0 Å². The smallest absolute Gasteiger partial charge is 0.325 e. The molecule has 1 aromatic carbocycles. The molecule has 0 aliphatic rings. The van der Waals surface area contributed by atoms with Gasteiger partial charge in [0.05, 0.1) is 6.61 Å². The van der Waals surface area contributed by atoms with E-state index in [4.69, 9.17) is 21.1 Å². The van der Waals surface area contributed by atoms with Crippen molar-refractivity contribution in [2.24, 2.45) is 0 Å². The minimum Gasteiger partial charge on any atom is -0.484 e. The van der Waals surface area contributed by atoms with Gasteiger partial charge in [-0.1, -0.05) is 18.5 Å². The zero-order valence-electron chi connectivity index (χ0n) is 12.3. The van der Waals surface area contributed by atoms with Crippen molar-refractivity contribution in [3.63, 3.8) is 0 Å². The minimum absolute atomic E-state index is 0.0511. The number of nitrogens with zero attached hydrogens (tertiary/aromatic N) is 1. The number of hydrogen-bond acceptors (Lipinski definition) is 4. The molecule has 0 unspecified atom stereocenters. The van der Waals surface area contributed by atoms with Crippen LogP contribution in [-0.2, 0) is 14.3 Å². The highest BCUT2D eigenvalue weighted by Crippen LogP contribution is 2.15. The van der Waals surface area contributed by atoms with Crippen LogP contribution in [0.2, 0.25) is 5.02 Å². The van der Waals surface area contributed by atoms with Gasteiger partial charge in [0.2, 0.25) is 0 Å². The Morgan fingerprint density at radius 1 is 1.19 bits per heavy atom. The molecule has 0 atom stereocenters. The second-order valence-corrected chi connectivity index (χ2v) is 4.80. The van der Waals surface area contributed by atoms with Crippen LogP contribution in [0, 0.1) is 0 Å². The molecule has 0 saturated heterocycles. The number of carbonyl (C=O) groups excluding carboxylic acids is 2. The van der Waals surface area contributed by atoms with Crippen LogP contribution in [-0.4, -0.2) is 43.1 Å². The van der Waals surface area contributed by atoms with Crippen LogP contribution < -0.4 is 4.74 Å². The third kappa shape index (κ3) is 6.49. The van der Waals surface area contributed by atoms with Gasteiger partial charge < -0.3 is 14.4 Å². The maximum Gasteiger partial charge on any atom is 0.325 e. The SMILES string of the molecule is CCCN(CC(=O)OCC)C(=O)COc1ccc(Cl)cc1. The molecule has 0 radical (unpaired) electrons. The highest BCUT2D eigenvalue weighted by Gasteiger charge is 2.17. The average Bonchev–Trinajstić information content (AvgIpc) is 2.46. The molecule has 0 spiro atoms. The molecule has 0 aromatic heterocycles. The second-order valence-electron chi connectivity index (χ2n) is 4.36. The summed E-state index contributed by atoms with van der Waals surface area (Å²) in [6.45, 7) is 4.28. The van der Waals surface area contributed by atoms with Gasteiger partial charge in [-0.3, -0.25) is 9.59 Å². The zero-order chi connectivity index (χ0) is 15.7. The minimum atomic E-state index is -0.411. The molecule has 1 rings (SSSR count). The second kappa shape index (κ2) is 9.23. The summed E-state index contributed by atoms with van der Waals surface area (Å²) in [6.07, 6.45) is 0.756. The van der Waals surface area contributed by atoms with Gasteiger partial charge >= 0.3 is 5.97 Å². The van der Waals surface area contributed by atoms with E-state index < -0.39 is 5.97 Å².